The van der Waals surface area contributed by atoms with E-state index in [9.17, 15) is 9.59 Å². The van der Waals surface area contributed by atoms with E-state index < -0.39 is 5.97 Å². The number of oxime groups is 1. The lowest BCUT2D eigenvalue weighted by molar-refractivity contribution is -0.142. The van der Waals surface area contributed by atoms with Crippen molar-refractivity contribution >= 4 is 17.5 Å². The van der Waals surface area contributed by atoms with Crippen LogP contribution in [0.25, 0.3) is 0 Å². The predicted molar refractivity (Wildman–Crippen MR) is 100.0 cm³/mol. The summed E-state index contributed by atoms with van der Waals surface area (Å²) in [6.07, 6.45) is 0.0892. The highest BCUT2D eigenvalue weighted by Gasteiger charge is 2.18. The summed E-state index contributed by atoms with van der Waals surface area (Å²) < 4.78 is 0. The lowest BCUT2D eigenvalue weighted by Gasteiger charge is -2.06. The Morgan fingerprint density at radius 2 is 1.19 bits per heavy atom. The van der Waals surface area contributed by atoms with Crippen LogP contribution >= 0.6 is 0 Å². The molecule has 0 spiro atoms. The highest BCUT2D eigenvalue weighted by molar-refractivity contribution is 6.51. The number of carbonyl (C=O) groups excluding carboxylic acids is 2. The lowest BCUT2D eigenvalue weighted by Crippen LogP contribution is -2.17. The van der Waals surface area contributed by atoms with Crippen molar-refractivity contribution in [2.24, 2.45) is 5.16 Å². The summed E-state index contributed by atoms with van der Waals surface area (Å²) in [5, 5.41) is 3.88. The van der Waals surface area contributed by atoms with Gasteiger partial charge in [0.05, 0.1) is 6.42 Å². The van der Waals surface area contributed by atoms with Crippen LogP contribution < -0.4 is 0 Å². The molecule has 0 atom stereocenters. The van der Waals surface area contributed by atoms with Gasteiger partial charge in [-0.3, -0.25) is 4.79 Å². The quantitative estimate of drug-likeness (QED) is 0.293. The largest absolute Gasteiger partial charge is 0.339 e. The molecule has 0 amide bonds. The average Bonchev–Trinajstić information content (AvgIpc) is 2.70. The fourth-order valence-corrected chi connectivity index (χ4v) is 2.44. The van der Waals surface area contributed by atoms with Gasteiger partial charge in [-0.25, -0.2) is 4.79 Å². The van der Waals surface area contributed by atoms with Crippen LogP contribution in [0.15, 0.2) is 96.2 Å². The molecule has 0 aromatic heterocycles. The molecular weight excluding hydrogens is 326 g/mol. The lowest BCUT2D eigenvalue weighted by atomic mass is 10.0. The molecule has 4 heteroatoms. The smallest absolute Gasteiger partial charge is 0.317 e. The number of benzene rings is 3. The van der Waals surface area contributed by atoms with E-state index in [2.05, 4.69) is 5.16 Å². The van der Waals surface area contributed by atoms with E-state index in [1.54, 1.807) is 48.5 Å². The molecular formula is C22H17NO3. The number of ketones is 1. The summed E-state index contributed by atoms with van der Waals surface area (Å²) in [5.74, 6) is -0.824. The number of Topliss-reactive ketones (excluding diaryl/α,β-unsaturated/α-hetero) is 1. The van der Waals surface area contributed by atoms with Gasteiger partial charge in [-0.05, 0) is 5.56 Å². The molecule has 0 saturated carbocycles. The molecule has 4 nitrogen and oxygen atoms in total. The van der Waals surface area contributed by atoms with Crippen LogP contribution in [0.2, 0.25) is 0 Å². The molecule has 0 saturated heterocycles. The summed E-state index contributed by atoms with van der Waals surface area (Å²) in [7, 11) is 0. The van der Waals surface area contributed by atoms with Gasteiger partial charge in [-0.1, -0.05) is 96.2 Å². The molecule has 0 bridgehead atoms. The summed E-state index contributed by atoms with van der Waals surface area (Å²) in [6.45, 7) is 0. The van der Waals surface area contributed by atoms with Crippen molar-refractivity contribution in [1.82, 2.24) is 0 Å². The van der Waals surface area contributed by atoms with Crippen LogP contribution in [-0.2, 0) is 16.1 Å². The predicted octanol–water partition coefficient (Wildman–Crippen LogP) is 4.06. The van der Waals surface area contributed by atoms with Crippen molar-refractivity contribution in [2.45, 2.75) is 6.42 Å². The Labute approximate surface area is 151 Å². The topological polar surface area (TPSA) is 55.7 Å². The molecule has 3 aromatic carbocycles. The Morgan fingerprint density at radius 3 is 1.77 bits per heavy atom. The van der Waals surface area contributed by atoms with E-state index in [1.165, 1.54) is 0 Å². The standard InChI is InChI=1S/C22H17NO3/c24-20(16-17-10-4-1-5-11-17)26-23-21(18-12-6-2-7-13-18)22(25)19-14-8-3-9-15-19/h1-15H,16H2/b23-21+. The minimum absolute atomic E-state index is 0.0892. The Kier molecular flexibility index (Phi) is 5.68. The van der Waals surface area contributed by atoms with E-state index in [0.717, 1.165) is 5.56 Å². The SMILES string of the molecule is O=C(Cc1ccccc1)O/N=C(/C(=O)c1ccccc1)c1ccccc1. The second-order valence-electron chi connectivity index (χ2n) is 5.63. The third kappa shape index (κ3) is 4.51. The summed E-state index contributed by atoms with van der Waals surface area (Å²) in [5.41, 5.74) is 1.99. The van der Waals surface area contributed by atoms with Gasteiger partial charge < -0.3 is 4.84 Å². The first kappa shape index (κ1) is 17.3. The fraction of sp³-hybridized carbons (Fsp3) is 0.0455. The molecule has 0 aliphatic carbocycles. The van der Waals surface area contributed by atoms with Crippen molar-refractivity contribution in [3.63, 3.8) is 0 Å². The van der Waals surface area contributed by atoms with Gasteiger partial charge in [0, 0.05) is 11.1 Å². The highest BCUT2D eigenvalue weighted by Crippen LogP contribution is 2.10. The van der Waals surface area contributed by atoms with Gasteiger partial charge in [-0.15, -0.1) is 0 Å². The van der Waals surface area contributed by atoms with Gasteiger partial charge in [0.25, 0.3) is 0 Å². The maximum atomic E-state index is 12.8. The second-order valence-corrected chi connectivity index (χ2v) is 5.63. The molecule has 0 radical (unpaired) electrons. The van der Waals surface area contributed by atoms with Gasteiger partial charge >= 0.3 is 5.97 Å². The molecule has 0 unspecified atom stereocenters. The van der Waals surface area contributed by atoms with E-state index >= 15 is 0 Å². The van der Waals surface area contributed by atoms with Crippen LogP contribution in [0.3, 0.4) is 0 Å². The Balaban J connectivity index is 1.82. The van der Waals surface area contributed by atoms with Crippen LogP contribution in [0, 0.1) is 0 Å². The molecule has 0 N–H and O–H groups in total. The Morgan fingerprint density at radius 1 is 0.692 bits per heavy atom. The first-order valence-electron chi connectivity index (χ1n) is 8.21. The van der Waals surface area contributed by atoms with Gasteiger partial charge in [-0.2, -0.15) is 0 Å². The third-order valence-corrected chi connectivity index (χ3v) is 3.73. The van der Waals surface area contributed by atoms with Gasteiger partial charge in [0.1, 0.15) is 0 Å². The molecule has 26 heavy (non-hydrogen) atoms. The van der Waals surface area contributed by atoms with Crippen LogP contribution in [-0.4, -0.2) is 17.5 Å². The summed E-state index contributed by atoms with van der Waals surface area (Å²) in [6, 6.07) is 27.0. The van der Waals surface area contributed by atoms with Crippen LogP contribution in [0.1, 0.15) is 21.5 Å². The minimum Gasteiger partial charge on any atom is -0.317 e. The van der Waals surface area contributed by atoms with E-state index in [0.29, 0.717) is 11.1 Å². The zero-order valence-corrected chi connectivity index (χ0v) is 14.0. The molecule has 0 aliphatic rings. The van der Waals surface area contributed by atoms with Crippen molar-refractivity contribution < 1.29 is 14.4 Å². The second kappa shape index (κ2) is 8.53. The monoisotopic (exact) mass is 343 g/mol. The highest BCUT2D eigenvalue weighted by atomic mass is 16.7. The first-order valence-corrected chi connectivity index (χ1v) is 8.21. The Bertz CT molecular complexity index is 904. The maximum Gasteiger partial charge on any atom is 0.339 e. The number of rotatable bonds is 6. The van der Waals surface area contributed by atoms with Crippen LogP contribution in [0.4, 0.5) is 0 Å². The number of carbonyl (C=O) groups is 2. The molecule has 0 aliphatic heterocycles. The molecule has 3 aromatic rings. The maximum absolute atomic E-state index is 12.8. The Hall–Kier alpha value is -3.53. The van der Waals surface area contributed by atoms with Crippen LogP contribution in [0.5, 0.6) is 0 Å². The third-order valence-electron chi connectivity index (χ3n) is 3.73. The molecule has 128 valence electrons. The van der Waals surface area contributed by atoms with E-state index in [4.69, 9.17) is 4.84 Å². The van der Waals surface area contributed by atoms with Gasteiger partial charge in [0.15, 0.2) is 5.71 Å². The number of hydrogen-bond acceptors (Lipinski definition) is 4. The van der Waals surface area contributed by atoms with Crippen molar-refractivity contribution in [3.8, 4) is 0 Å². The summed E-state index contributed by atoms with van der Waals surface area (Å²) >= 11 is 0. The molecule has 0 fully saturated rings. The number of nitrogens with zero attached hydrogens (tertiary/aromatic N) is 1. The average molecular weight is 343 g/mol. The number of hydrogen-bond donors (Lipinski definition) is 0. The summed E-state index contributed by atoms with van der Waals surface area (Å²) in [4.78, 5) is 29.9. The molecule has 3 rings (SSSR count). The molecule has 0 heterocycles. The minimum atomic E-state index is -0.523. The normalized spacial score (nSPS) is 11.0. The van der Waals surface area contributed by atoms with Gasteiger partial charge in [0.2, 0.25) is 5.78 Å². The van der Waals surface area contributed by atoms with E-state index in [-0.39, 0.29) is 17.9 Å². The van der Waals surface area contributed by atoms with Crippen molar-refractivity contribution in [1.29, 1.82) is 0 Å². The zero-order chi connectivity index (χ0) is 18.2. The van der Waals surface area contributed by atoms with E-state index in [1.807, 2.05) is 42.5 Å². The fourth-order valence-electron chi connectivity index (χ4n) is 2.44. The van der Waals surface area contributed by atoms with Crippen molar-refractivity contribution in [2.75, 3.05) is 0 Å². The first-order chi connectivity index (χ1) is 12.7. The van der Waals surface area contributed by atoms with Crippen molar-refractivity contribution in [3.05, 3.63) is 108 Å². The zero-order valence-electron chi connectivity index (χ0n) is 14.0.